The quantitative estimate of drug-likeness (QED) is 0.263. The van der Waals surface area contributed by atoms with Gasteiger partial charge in [0.05, 0.1) is 42.1 Å². The van der Waals surface area contributed by atoms with Crippen molar-refractivity contribution in [3.05, 3.63) is 51.6 Å². The Morgan fingerprint density at radius 1 is 1.09 bits per heavy atom. The molecule has 1 aliphatic heterocycles. The molecule has 232 valence electrons. The molecular weight excluding hydrogens is 560 g/mol. The van der Waals surface area contributed by atoms with Crippen molar-refractivity contribution >= 4 is 17.3 Å². The van der Waals surface area contributed by atoms with E-state index in [1.54, 1.807) is 6.92 Å². The van der Waals surface area contributed by atoms with E-state index in [0.29, 0.717) is 6.42 Å². The van der Waals surface area contributed by atoms with Gasteiger partial charge in [-0.2, -0.15) is 0 Å². The van der Waals surface area contributed by atoms with E-state index in [1.807, 2.05) is 20.8 Å². The molecule has 2 aromatic rings. The highest BCUT2D eigenvalue weighted by molar-refractivity contribution is 6.31. The van der Waals surface area contributed by atoms with Gasteiger partial charge in [0.2, 0.25) is 5.78 Å². The first-order valence-electron chi connectivity index (χ1n) is 14.3. The van der Waals surface area contributed by atoms with Crippen molar-refractivity contribution in [2.75, 3.05) is 13.7 Å². The van der Waals surface area contributed by atoms with Crippen LogP contribution in [0.1, 0.15) is 96.0 Å². The van der Waals surface area contributed by atoms with Crippen LogP contribution in [0.4, 0.5) is 0 Å². The van der Waals surface area contributed by atoms with Gasteiger partial charge in [0.1, 0.15) is 29.5 Å². The number of benzene rings is 2. The molecule has 1 heterocycles. The zero-order chi connectivity index (χ0) is 31.6. The minimum Gasteiger partial charge on any atom is -0.507 e. The number of carbonyl (C=O) groups excluding carboxylic acids is 3. The van der Waals surface area contributed by atoms with Crippen LogP contribution in [0.2, 0.25) is 0 Å². The summed E-state index contributed by atoms with van der Waals surface area (Å²) in [5.41, 5.74) is -3.57. The zero-order valence-electron chi connectivity index (χ0n) is 24.8. The molecule has 0 radical (unpaired) electrons. The second kappa shape index (κ2) is 11.0. The number of aliphatic hydroxyl groups excluding tert-OH is 2. The molecule has 11 heteroatoms. The van der Waals surface area contributed by atoms with E-state index in [4.69, 9.17) is 14.2 Å². The highest BCUT2D eigenvalue weighted by Crippen LogP contribution is 2.52. The Balaban J connectivity index is 1.64. The van der Waals surface area contributed by atoms with Gasteiger partial charge in [0, 0.05) is 36.0 Å². The van der Waals surface area contributed by atoms with Crippen LogP contribution >= 0.6 is 0 Å². The molecule has 0 aromatic heterocycles. The maximum atomic E-state index is 13.8. The molecule has 3 aliphatic rings. The Kier molecular flexibility index (Phi) is 7.94. The van der Waals surface area contributed by atoms with E-state index < -0.39 is 89.6 Å². The molecular formula is C32H38O11. The molecule has 6 atom stereocenters. The lowest BCUT2D eigenvalue weighted by Crippen LogP contribution is -2.49. The Hall–Kier alpha value is -3.35. The first-order valence-corrected chi connectivity index (χ1v) is 14.3. The van der Waals surface area contributed by atoms with Crippen molar-refractivity contribution in [1.29, 1.82) is 0 Å². The van der Waals surface area contributed by atoms with Gasteiger partial charge >= 0.3 is 0 Å². The molecule has 0 saturated carbocycles. The van der Waals surface area contributed by atoms with Crippen LogP contribution in [0, 0.1) is 11.3 Å². The summed E-state index contributed by atoms with van der Waals surface area (Å²) in [7, 11) is 1.34. The van der Waals surface area contributed by atoms with Crippen molar-refractivity contribution in [3.63, 3.8) is 0 Å². The molecule has 0 spiro atoms. The number of ether oxygens (including phenoxy) is 3. The van der Waals surface area contributed by atoms with Crippen molar-refractivity contribution < 1.29 is 54.1 Å². The average Bonchev–Trinajstić information content (AvgIpc) is 2.94. The van der Waals surface area contributed by atoms with Crippen molar-refractivity contribution in [2.45, 2.75) is 83.6 Å². The maximum Gasteiger partial charge on any atom is 0.202 e. The first-order chi connectivity index (χ1) is 20.1. The average molecular weight is 599 g/mol. The fourth-order valence-electron chi connectivity index (χ4n) is 6.80. The molecule has 5 rings (SSSR count). The summed E-state index contributed by atoms with van der Waals surface area (Å²) in [4.78, 5) is 40.2. The molecule has 0 amide bonds. The number of phenols is 2. The van der Waals surface area contributed by atoms with Crippen LogP contribution < -0.4 is 4.74 Å². The monoisotopic (exact) mass is 598 g/mol. The van der Waals surface area contributed by atoms with Crippen molar-refractivity contribution in [1.82, 2.24) is 0 Å². The lowest BCUT2D eigenvalue weighted by molar-refractivity contribution is -0.259. The summed E-state index contributed by atoms with van der Waals surface area (Å²) in [5, 5.41) is 55.0. The van der Waals surface area contributed by atoms with Crippen LogP contribution in [0.5, 0.6) is 17.2 Å². The molecule has 1 saturated heterocycles. The van der Waals surface area contributed by atoms with Crippen LogP contribution in [-0.2, 0) is 20.7 Å². The van der Waals surface area contributed by atoms with Crippen LogP contribution in [0.25, 0.3) is 0 Å². The molecule has 43 heavy (non-hydrogen) atoms. The van der Waals surface area contributed by atoms with Gasteiger partial charge in [-0.25, -0.2) is 0 Å². The second-order valence-electron chi connectivity index (χ2n) is 13.0. The van der Waals surface area contributed by atoms with Gasteiger partial charge in [-0.05, 0) is 30.7 Å². The Bertz CT molecular complexity index is 1490. The minimum absolute atomic E-state index is 0.0372. The number of aliphatic hydroxyl groups is 3. The normalized spacial score (nSPS) is 28.6. The van der Waals surface area contributed by atoms with Crippen LogP contribution in [0.3, 0.4) is 0 Å². The third-order valence-corrected chi connectivity index (χ3v) is 8.75. The standard InChI is InChI=1S/C32H38O11/c1-14-26(35)15(10-31(2,3)4)9-21(42-14)43-19-12-32(40,20(34)13-33)11-17-23(19)30(39)25-24(28(17)37)27(36)16-7-6-8-18(41-5)22(16)29(25)38/h6-8,14-15,19,21,26,33,35,37,39-40H,9-13H2,1-5H3/t14-,15+,19-,21-,26+,32-/m0/s1. The van der Waals surface area contributed by atoms with E-state index in [9.17, 15) is 39.9 Å². The summed E-state index contributed by atoms with van der Waals surface area (Å²) in [5.74, 6) is -3.85. The summed E-state index contributed by atoms with van der Waals surface area (Å²) in [6.07, 6.45) is -3.73. The minimum atomic E-state index is -2.22. The number of aromatic hydroxyl groups is 2. The number of Topliss-reactive ketones (excluding diaryl/α,β-unsaturated/α-hetero) is 1. The Morgan fingerprint density at radius 3 is 2.40 bits per heavy atom. The molecule has 11 nitrogen and oxygen atoms in total. The Labute approximate surface area is 249 Å². The third kappa shape index (κ3) is 5.23. The van der Waals surface area contributed by atoms with Gasteiger partial charge in [-0.3, -0.25) is 14.4 Å². The number of hydrogen-bond acceptors (Lipinski definition) is 11. The van der Waals surface area contributed by atoms with E-state index in [2.05, 4.69) is 0 Å². The summed E-state index contributed by atoms with van der Waals surface area (Å²) in [6.45, 7) is 6.83. The van der Waals surface area contributed by atoms with Gasteiger partial charge in [0.25, 0.3) is 0 Å². The predicted molar refractivity (Wildman–Crippen MR) is 151 cm³/mol. The number of methoxy groups -OCH3 is 1. The van der Waals surface area contributed by atoms with Gasteiger partial charge in [0.15, 0.2) is 17.9 Å². The summed E-state index contributed by atoms with van der Waals surface area (Å²) < 4.78 is 17.5. The fraction of sp³-hybridized carbons (Fsp3) is 0.531. The topological polar surface area (TPSA) is 180 Å². The number of ketones is 3. The lowest BCUT2D eigenvalue weighted by atomic mass is 9.72. The molecule has 0 unspecified atom stereocenters. The summed E-state index contributed by atoms with van der Waals surface area (Å²) in [6, 6.07) is 4.42. The number of carbonyl (C=O) groups is 3. The van der Waals surface area contributed by atoms with Gasteiger partial charge in [-0.15, -0.1) is 0 Å². The molecule has 2 aromatic carbocycles. The third-order valence-electron chi connectivity index (χ3n) is 8.75. The highest BCUT2D eigenvalue weighted by atomic mass is 16.7. The molecule has 2 aliphatic carbocycles. The van der Waals surface area contributed by atoms with E-state index >= 15 is 0 Å². The second-order valence-corrected chi connectivity index (χ2v) is 13.0. The number of hydrogen-bond donors (Lipinski definition) is 5. The van der Waals surface area contributed by atoms with E-state index in [-0.39, 0.29) is 45.8 Å². The lowest BCUT2D eigenvalue weighted by Gasteiger charge is -2.43. The summed E-state index contributed by atoms with van der Waals surface area (Å²) >= 11 is 0. The fourth-order valence-corrected chi connectivity index (χ4v) is 6.80. The predicted octanol–water partition coefficient (Wildman–Crippen LogP) is 2.73. The zero-order valence-corrected chi connectivity index (χ0v) is 24.8. The number of fused-ring (bicyclic) bond motifs is 3. The SMILES string of the molecule is COc1cccc2c1C(=O)c1c(O)c3c(c(O)c1C2=O)C[C@@](O)(C(=O)CO)C[C@@H]3O[C@H]1C[C@H](CC(C)(C)C)[C@H](O)[C@H](C)O1. The van der Waals surface area contributed by atoms with Gasteiger partial charge < -0.3 is 39.7 Å². The van der Waals surface area contributed by atoms with E-state index in [0.717, 1.165) is 0 Å². The van der Waals surface area contributed by atoms with Crippen LogP contribution in [-0.4, -0.2) is 80.7 Å². The molecule has 0 bridgehead atoms. The molecule has 5 N–H and O–H groups in total. The van der Waals surface area contributed by atoms with Crippen LogP contribution in [0.15, 0.2) is 18.2 Å². The number of rotatable bonds is 6. The molecule has 1 fully saturated rings. The van der Waals surface area contributed by atoms with E-state index in [1.165, 1.54) is 25.3 Å². The maximum absolute atomic E-state index is 13.8. The highest BCUT2D eigenvalue weighted by Gasteiger charge is 2.50. The van der Waals surface area contributed by atoms with Crippen molar-refractivity contribution in [2.24, 2.45) is 11.3 Å². The largest absolute Gasteiger partial charge is 0.507 e. The van der Waals surface area contributed by atoms with Crippen molar-refractivity contribution in [3.8, 4) is 17.2 Å². The Morgan fingerprint density at radius 2 is 1.77 bits per heavy atom. The smallest absolute Gasteiger partial charge is 0.202 e. The number of phenolic OH excluding ortho intramolecular Hbond substituents is 2. The van der Waals surface area contributed by atoms with Gasteiger partial charge in [-0.1, -0.05) is 32.9 Å². The first kappa shape index (κ1) is 31.1.